The normalized spacial score (nSPS) is 11.9. The molecule has 0 fully saturated rings. The number of hydrogen-bond donors (Lipinski definition) is 1. The number of benzene rings is 2. The van der Waals surface area contributed by atoms with E-state index < -0.39 is 11.7 Å². The molecule has 1 unspecified atom stereocenters. The van der Waals surface area contributed by atoms with Crippen molar-refractivity contribution in [2.45, 2.75) is 6.04 Å². The van der Waals surface area contributed by atoms with Crippen molar-refractivity contribution in [2.24, 2.45) is 0 Å². The monoisotopic (exact) mass is 399 g/mol. The third kappa shape index (κ3) is 3.46. The molecule has 2 nitrogen and oxygen atoms in total. The minimum atomic E-state index is -0.550. The molecule has 0 bridgehead atoms. The maximum atomic E-state index is 13.9. The molecule has 0 aliphatic heterocycles. The molecular weight excluding hydrogens is 389 g/mol. The van der Waals surface area contributed by atoms with E-state index in [0.717, 1.165) is 5.56 Å². The highest BCUT2D eigenvalue weighted by atomic mass is 79.9. The van der Waals surface area contributed by atoms with Crippen LogP contribution < -0.4 is 5.32 Å². The Kier molecular flexibility index (Phi) is 5.31. The van der Waals surface area contributed by atoms with Gasteiger partial charge >= 0.3 is 0 Å². The van der Waals surface area contributed by atoms with Crippen molar-refractivity contribution in [1.29, 1.82) is 0 Å². The molecule has 0 saturated heterocycles. The van der Waals surface area contributed by atoms with Crippen LogP contribution in [0.1, 0.15) is 22.0 Å². The summed E-state index contributed by atoms with van der Waals surface area (Å²) in [5.41, 5.74) is 0.995. The van der Waals surface area contributed by atoms with Gasteiger partial charge in [0, 0.05) is 5.33 Å². The van der Waals surface area contributed by atoms with Crippen LogP contribution in [0.5, 0.6) is 0 Å². The standard InChI is InChI=1S/C15H12Br2FNO/c16-9-13(10-5-2-1-3-6-10)19-15(20)11-7-4-8-12(17)14(11)18/h1-8,13H,9H2,(H,19,20). The lowest BCUT2D eigenvalue weighted by Crippen LogP contribution is -2.30. The Hall–Kier alpha value is -1.20. The summed E-state index contributed by atoms with van der Waals surface area (Å²) in [6, 6.07) is 14.0. The second kappa shape index (κ2) is 6.99. The van der Waals surface area contributed by atoms with Crippen molar-refractivity contribution in [3.63, 3.8) is 0 Å². The molecule has 0 aromatic heterocycles. The topological polar surface area (TPSA) is 29.1 Å². The van der Waals surface area contributed by atoms with Gasteiger partial charge in [0.15, 0.2) is 0 Å². The van der Waals surface area contributed by atoms with E-state index in [9.17, 15) is 9.18 Å². The van der Waals surface area contributed by atoms with Gasteiger partial charge in [-0.15, -0.1) is 0 Å². The van der Waals surface area contributed by atoms with Crippen LogP contribution in [-0.4, -0.2) is 11.2 Å². The Morgan fingerprint density at radius 2 is 1.85 bits per heavy atom. The first kappa shape index (κ1) is 15.2. The Balaban J connectivity index is 2.20. The highest BCUT2D eigenvalue weighted by Gasteiger charge is 2.18. The summed E-state index contributed by atoms with van der Waals surface area (Å²) in [7, 11) is 0. The van der Waals surface area contributed by atoms with Gasteiger partial charge in [0.1, 0.15) is 5.82 Å². The Labute approximate surface area is 133 Å². The van der Waals surface area contributed by atoms with E-state index in [1.165, 1.54) is 6.07 Å². The van der Waals surface area contributed by atoms with Crippen molar-refractivity contribution in [3.8, 4) is 0 Å². The molecule has 104 valence electrons. The minimum Gasteiger partial charge on any atom is -0.344 e. The quantitative estimate of drug-likeness (QED) is 0.754. The van der Waals surface area contributed by atoms with E-state index in [2.05, 4.69) is 37.2 Å². The molecule has 2 rings (SSSR count). The van der Waals surface area contributed by atoms with E-state index in [1.54, 1.807) is 12.1 Å². The molecule has 0 aliphatic rings. The summed E-state index contributed by atoms with van der Waals surface area (Å²) >= 11 is 6.45. The molecule has 20 heavy (non-hydrogen) atoms. The first-order valence-electron chi connectivity index (χ1n) is 5.99. The van der Waals surface area contributed by atoms with Crippen LogP contribution in [0.3, 0.4) is 0 Å². The highest BCUT2D eigenvalue weighted by Crippen LogP contribution is 2.20. The van der Waals surface area contributed by atoms with Crippen LogP contribution in [0.4, 0.5) is 4.39 Å². The summed E-state index contributed by atoms with van der Waals surface area (Å²) in [4.78, 5) is 12.2. The van der Waals surface area contributed by atoms with E-state index in [-0.39, 0.29) is 16.1 Å². The van der Waals surface area contributed by atoms with Crippen molar-refractivity contribution >= 4 is 37.8 Å². The highest BCUT2D eigenvalue weighted by molar-refractivity contribution is 9.10. The fourth-order valence-electron chi connectivity index (χ4n) is 1.81. The number of alkyl halides is 1. The third-order valence-corrected chi connectivity index (χ3v) is 4.12. The van der Waals surface area contributed by atoms with Crippen LogP contribution in [0, 0.1) is 5.82 Å². The average Bonchev–Trinajstić information content (AvgIpc) is 2.48. The van der Waals surface area contributed by atoms with Gasteiger partial charge in [0.2, 0.25) is 0 Å². The van der Waals surface area contributed by atoms with E-state index in [4.69, 9.17) is 0 Å². The summed E-state index contributed by atoms with van der Waals surface area (Å²) < 4.78 is 14.2. The zero-order valence-electron chi connectivity index (χ0n) is 10.4. The van der Waals surface area contributed by atoms with Crippen molar-refractivity contribution in [1.82, 2.24) is 5.32 Å². The van der Waals surface area contributed by atoms with E-state index >= 15 is 0 Å². The molecule has 1 N–H and O–H groups in total. The van der Waals surface area contributed by atoms with Gasteiger partial charge in [-0.25, -0.2) is 4.39 Å². The van der Waals surface area contributed by atoms with Crippen LogP contribution in [-0.2, 0) is 0 Å². The first-order chi connectivity index (χ1) is 9.63. The predicted octanol–water partition coefficient (Wildman–Crippen LogP) is 4.45. The van der Waals surface area contributed by atoms with Crippen LogP contribution in [0.15, 0.2) is 53.0 Å². The molecule has 1 atom stereocenters. The Morgan fingerprint density at radius 1 is 1.15 bits per heavy atom. The fraction of sp³-hybridized carbons (Fsp3) is 0.133. The van der Waals surface area contributed by atoms with E-state index in [0.29, 0.717) is 5.33 Å². The van der Waals surface area contributed by atoms with Crippen LogP contribution >= 0.6 is 31.9 Å². The fourth-order valence-corrected chi connectivity index (χ4v) is 2.71. The first-order valence-corrected chi connectivity index (χ1v) is 7.90. The SMILES string of the molecule is O=C(NC(CBr)c1ccccc1)c1cccc(Br)c1F. The molecule has 0 heterocycles. The predicted molar refractivity (Wildman–Crippen MR) is 84.5 cm³/mol. The van der Waals surface area contributed by atoms with Gasteiger partial charge in [-0.2, -0.15) is 0 Å². The van der Waals surface area contributed by atoms with Crippen LogP contribution in [0.2, 0.25) is 0 Å². The number of carbonyl (C=O) groups is 1. The lowest BCUT2D eigenvalue weighted by molar-refractivity contribution is 0.0936. The van der Waals surface area contributed by atoms with E-state index in [1.807, 2.05) is 30.3 Å². The zero-order chi connectivity index (χ0) is 14.5. The third-order valence-electron chi connectivity index (χ3n) is 2.86. The summed E-state index contributed by atoms with van der Waals surface area (Å²) in [6.45, 7) is 0. The average molecular weight is 401 g/mol. The number of nitrogens with one attached hydrogen (secondary N) is 1. The number of rotatable bonds is 4. The lowest BCUT2D eigenvalue weighted by Gasteiger charge is -2.17. The molecule has 2 aromatic carbocycles. The summed E-state index contributed by atoms with van der Waals surface area (Å²) in [5, 5.41) is 3.37. The summed E-state index contributed by atoms with van der Waals surface area (Å²) in [6.07, 6.45) is 0. The summed E-state index contributed by atoms with van der Waals surface area (Å²) in [5.74, 6) is -0.983. The molecule has 5 heteroatoms. The molecular formula is C15H12Br2FNO. The van der Waals surface area contributed by atoms with Crippen LogP contribution in [0.25, 0.3) is 0 Å². The number of amides is 1. The molecule has 0 aliphatic carbocycles. The lowest BCUT2D eigenvalue weighted by atomic mass is 10.1. The number of halogens is 3. The smallest absolute Gasteiger partial charge is 0.254 e. The van der Waals surface area contributed by atoms with Gasteiger partial charge in [-0.1, -0.05) is 52.3 Å². The van der Waals surface area contributed by atoms with Gasteiger partial charge in [-0.05, 0) is 33.6 Å². The number of hydrogen-bond acceptors (Lipinski definition) is 1. The molecule has 0 radical (unpaired) electrons. The number of carbonyl (C=O) groups excluding carboxylic acids is 1. The molecule has 0 saturated carbocycles. The largest absolute Gasteiger partial charge is 0.344 e. The van der Waals surface area contributed by atoms with Gasteiger partial charge < -0.3 is 5.32 Å². The molecule has 1 amide bonds. The van der Waals surface area contributed by atoms with Crippen molar-refractivity contribution in [3.05, 3.63) is 69.9 Å². The Morgan fingerprint density at radius 3 is 2.50 bits per heavy atom. The maximum Gasteiger partial charge on any atom is 0.254 e. The zero-order valence-corrected chi connectivity index (χ0v) is 13.6. The molecule has 0 spiro atoms. The Bertz CT molecular complexity index is 604. The second-order valence-corrected chi connectivity index (χ2v) is 5.69. The molecule has 2 aromatic rings. The second-order valence-electron chi connectivity index (χ2n) is 4.19. The maximum absolute atomic E-state index is 13.9. The van der Waals surface area contributed by atoms with Gasteiger partial charge in [0.05, 0.1) is 16.1 Å². The van der Waals surface area contributed by atoms with Crippen molar-refractivity contribution < 1.29 is 9.18 Å². The van der Waals surface area contributed by atoms with Gasteiger partial charge in [0.25, 0.3) is 5.91 Å². The van der Waals surface area contributed by atoms with Gasteiger partial charge in [-0.3, -0.25) is 4.79 Å². The van der Waals surface area contributed by atoms with Crippen molar-refractivity contribution in [2.75, 3.05) is 5.33 Å². The minimum absolute atomic E-state index is 0.0289.